The second-order valence-electron chi connectivity index (χ2n) is 8.28. The van der Waals surface area contributed by atoms with E-state index in [0.717, 1.165) is 18.9 Å². The van der Waals surface area contributed by atoms with Crippen molar-refractivity contribution in [1.29, 1.82) is 0 Å². The van der Waals surface area contributed by atoms with Crippen molar-refractivity contribution < 1.29 is 23.5 Å². The average Bonchev–Trinajstić information content (AvgIpc) is 2.89. The zero-order valence-corrected chi connectivity index (χ0v) is 17.8. The van der Waals surface area contributed by atoms with Crippen molar-refractivity contribution in [3.8, 4) is 5.75 Å². The Morgan fingerprint density at radius 2 is 2.03 bits per heavy atom. The summed E-state index contributed by atoms with van der Waals surface area (Å²) in [5, 5.41) is 12.9. The molecule has 2 N–H and O–H groups in total. The van der Waals surface area contributed by atoms with Gasteiger partial charge in [-0.1, -0.05) is 6.07 Å². The molecule has 0 radical (unpaired) electrons. The summed E-state index contributed by atoms with van der Waals surface area (Å²) < 4.78 is 28.3. The largest absolute Gasteiger partial charge is 0.503 e. The Bertz CT molecular complexity index is 1150. The number of nitrogens with zero attached hydrogens (tertiary/aromatic N) is 3. The molecule has 4 rings (SSSR count). The van der Waals surface area contributed by atoms with E-state index >= 15 is 0 Å². The van der Waals surface area contributed by atoms with Crippen molar-refractivity contribution in [2.45, 2.75) is 45.1 Å². The first kappa shape index (κ1) is 21.9. The number of hydrogen-bond donors (Lipinski definition) is 2. The van der Waals surface area contributed by atoms with Crippen molar-refractivity contribution in [3.05, 3.63) is 63.1 Å². The Hall–Kier alpha value is -3.27. The molecule has 1 aromatic carbocycles. The lowest BCUT2D eigenvalue weighted by atomic mass is 10.1. The van der Waals surface area contributed by atoms with Crippen LogP contribution in [0.5, 0.6) is 5.75 Å². The van der Waals surface area contributed by atoms with Gasteiger partial charge < -0.3 is 19.9 Å². The molecular formula is C22H24F2N4O4. The van der Waals surface area contributed by atoms with Crippen LogP contribution in [0.15, 0.2) is 29.2 Å². The highest BCUT2D eigenvalue weighted by molar-refractivity contribution is 5.99. The Kier molecular flexibility index (Phi) is 5.72. The fourth-order valence-electron chi connectivity index (χ4n) is 4.32. The molecule has 1 fully saturated rings. The summed E-state index contributed by atoms with van der Waals surface area (Å²) in [6, 6.07) is 3.19. The summed E-state index contributed by atoms with van der Waals surface area (Å²) in [6.45, 7) is 2.59. The predicted molar refractivity (Wildman–Crippen MR) is 111 cm³/mol. The second kappa shape index (κ2) is 8.34. The van der Waals surface area contributed by atoms with E-state index in [-0.39, 0.29) is 42.1 Å². The lowest BCUT2D eigenvalue weighted by molar-refractivity contribution is 0.0210. The maximum atomic E-state index is 13.8. The number of aromatic nitrogens is 1. The summed E-state index contributed by atoms with van der Waals surface area (Å²) in [6.07, 6.45) is 2.69. The third-order valence-electron chi connectivity index (χ3n) is 6.32. The van der Waals surface area contributed by atoms with Gasteiger partial charge in [-0.05, 0) is 32.9 Å². The maximum absolute atomic E-state index is 13.8. The number of amides is 2. The van der Waals surface area contributed by atoms with E-state index in [1.807, 2.05) is 7.05 Å². The minimum atomic E-state index is -0.975. The summed E-state index contributed by atoms with van der Waals surface area (Å²) in [5.41, 5.74) is -1.44. The van der Waals surface area contributed by atoms with Gasteiger partial charge in [-0.25, -0.2) is 8.78 Å². The monoisotopic (exact) mass is 446 g/mol. The lowest BCUT2D eigenvalue weighted by Gasteiger charge is -2.42. The number of halogens is 2. The number of carbonyl (C=O) groups is 2. The normalized spacial score (nSPS) is 21.0. The summed E-state index contributed by atoms with van der Waals surface area (Å²) in [4.78, 5) is 42.1. The van der Waals surface area contributed by atoms with E-state index in [9.17, 15) is 28.3 Å². The molecule has 170 valence electrons. The maximum Gasteiger partial charge on any atom is 0.275 e. The van der Waals surface area contributed by atoms with Crippen molar-refractivity contribution in [3.63, 3.8) is 0 Å². The molecular weight excluding hydrogens is 422 g/mol. The quantitative estimate of drug-likeness (QED) is 0.748. The van der Waals surface area contributed by atoms with E-state index < -0.39 is 34.6 Å². The van der Waals surface area contributed by atoms with Crippen LogP contribution in [0, 0.1) is 11.6 Å². The summed E-state index contributed by atoms with van der Waals surface area (Å²) >= 11 is 0. The first-order chi connectivity index (χ1) is 15.2. The minimum absolute atomic E-state index is 0.0434. The van der Waals surface area contributed by atoms with Crippen LogP contribution in [0.2, 0.25) is 0 Å². The first-order valence-corrected chi connectivity index (χ1v) is 10.4. The van der Waals surface area contributed by atoms with Gasteiger partial charge in [0.15, 0.2) is 11.4 Å². The number of pyridine rings is 1. The molecule has 2 atom stereocenters. The number of hydrogen-bond acceptors (Lipinski definition) is 5. The molecule has 0 spiro atoms. The predicted octanol–water partition coefficient (Wildman–Crippen LogP) is 1.66. The van der Waals surface area contributed by atoms with Gasteiger partial charge in [0.05, 0.1) is 6.54 Å². The second-order valence-corrected chi connectivity index (χ2v) is 8.28. The molecule has 8 nitrogen and oxygen atoms in total. The molecule has 10 heteroatoms. The van der Waals surface area contributed by atoms with E-state index in [0.29, 0.717) is 12.6 Å². The molecule has 0 aliphatic carbocycles. The third-order valence-corrected chi connectivity index (χ3v) is 6.32. The highest BCUT2D eigenvalue weighted by Crippen LogP contribution is 2.28. The fourth-order valence-corrected chi connectivity index (χ4v) is 4.32. The van der Waals surface area contributed by atoms with Gasteiger partial charge in [-0.2, -0.15) is 0 Å². The SMILES string of the molecule is C[C@H]1CCCN2C(=O)c3c(O)c(=O)c(C(=O)NCc4ccc(F)cc4F)cn3CC2N1C. The van der Waals surface area contributed by atoms with Crippen LogP contribution >= 0.6 is 0 Å². The number of fused-ring (bicyclic) bond motifs is 2. The van der Waals surface area contributed by atoms with Gasteiger partial charge in [0, 0.05) is 37.0 Å². The van der Waals surface area contributed by atoms with Crippen LogP contribution in [0.4, 0.5) is 8.78 Å². The molecule has 0 saturated carbocycles. The third kappa shape index (κ3) is 3.75. The zero-order valence-electron chi connectivity index (χ0n) is 17.8. The highest BCUT2D eigenvalue weighted by atomic mass is 19.1. The molecule has 1 saturated heterocycles. The fraction of sp³-hybridized carbons (Fsp3) is 0.409. The standard InChI is InChI=1S/C22H24F2N4O4/c1-12-4-3-7-28-17(26(12)2)11-27-10-15(19(29)20(30)18(27)22(28)32)21(31)25-9-13-5-6-14(23)8-16(13)24/h5-6,8,10,12,17,30H,3-4,7,9,11H2,1-2H3,(H,25,31)/t12-,17?/m0/s1. The van der Waals surface area contributed by atoms with Gasteiger partial charge >= 0.3 is 0 Å². The molecule has 2 aliphatic rings. The van der Waals surface area contributed by atoms with Crippen molar-refractivity contribution in [2.75, 3.05) is 13.6 Å². The molecule has 2 aliphatic heterocycles. The first-order valence-electron chi connectivity index (χ1n) is 10.4. The number of nitrogens with one attached hydrogen (secondary N) is 1. The summed E-state index contributed by atoms with van der Waals surface area (Å²) in [7, 11) is 1.92. The van der Waals surface area contributed by atoms with E-state index in [4.69, 9.17) is 0 Å². The van der Waals surface area contributed by atoms with Crippen LogP contribution < -0.4 is 10.7 Å². The Balaban J connectivity index is 1.64. The molecule has 1 unspecified atom stereocenters. The highest BCUT2D eigenvalue weighted by Gasteiger charge is 2.40. The van der Waals surface area contributed by atoms with Crippen LogP contribution in [0.3, 0.4) is 0 Å². The Labute approximate surface area is 183 Å². The van der Waals surface area contributed by atoms with Crippen LogP contribution in [0.1, 0.15) is 46.2 Å². The van der Waals surface area contributed by atoms with Crippen molar-refractivity contribution in [1.82, 2.24) is 19.7 Å². The van der Waals surface area contributed by atoms with Gasteiger partial charge in [0.25, 0.3) is 11.8 Å². The topological polar surface area (TPSA) is 94.9 Å². The van der Waals surface area contributed by atoms with E-state index in [1.165, 1.54) is 16.8 Å². The zero-order chi connectivity index (χ0) is 23.2. The molecule has 0 bridgehead atoms. The Morgan fingerprint density at radius 1 is 1.28 bits per heavy atom. The van der Waals surface area contributed by atoms with Crippen molar-refractivity contribution >= 4 is 11.8 Å². The molecule has 1 aromatic heterocycles. The number of rotatable bonds is 3. The molecule has 32 heavy (non-hydrogen) atoms. The number of aromatic hydroxyl groups is 1. The van der Waals surface area contributed by atoms with Crippen LogP contribution in [-0.4, -0.2) is 57.1 Å². The van der Waals surface area contributed by atoms with Gasteiger partial charge in [0.1, 0.15) is 23.4 Å². The van der Waals surface area contributed by atoms with Crippen LogP contribution in [0.25, 0.3) is 0 Å². The number of benzene rings is 1. The summed E-state index contributed by atoms with van der Waals surface area (Å²) in [5.74, 6) is -3.65. The number of likely N-dealkylation sites (N-methyl/N-ethyl adjacent to an activating group) is 1. The molecule has 2 amide bonds. The smallest absolute Gasteiger partial charge is 0.275 e. The van der Waals surface area contributed by atoms with Gasteiger partial charge in [-0.3, -0.25) is 19.3 Å². The molecule has 2 aromatic rings. The number of carbonyl (C=O) groups excluding carboxylic acids is 2. The molecule has 3 heterocycles. The van der Waals surface area contributed by atoms with Crippen molar-refractivity contribution in [2.24, 2.45) is 0 Å². The minimum Gasteiger partial charge on any atom is -0.503 e. The van der Waals surface area contributed by atoms with Gasteiger partial charge in [-0.15, -0.1) is 0 Å². The van der Waals surface area contributed by atoms with Crippen LogP contribution in [-0.2, 0) is 13.1 Å². The Morgan fingerprint density at radius 3 is 2.75 bits per heavy atom. The lowest BCUT2D eigenvalue weighted by Crippen LogP contribution is -2.56. The van der Waals surface area contributed by atoms with E-state index in [2.05, 4.69) is 17.1 Å². The van der Waals surface area contributed by atoms with E-state index in [1.54, 1.807) is 4.90 Å². The average molecular weight is 446 g/mol. The van der Waals surface area contributed by atoms with Gasteiger partial charge in [0.2, 0.25) is 5.43 Å².